The fourth-order valence-corrected chi connectivity index (χ4v) is 5.87. The van der Waals surface area contributed by atoms with Crippen molar-refractivity contribution >= 4 is 29.5 Å². The summed E-state index contributed by atoms with van der Waals surface area (Å²) in [6.07, 6.45) is 1.45. The van der Waals surface area contributed by atoms with Crippen molar-refractivity contribution in [3.8, 4) is 0 Å². The van der Waals surface area contributed by atoms with E-state index in [0.29, 0.717) is 25.1 Å². The number of rotatable bonds is 9. The number of thioether (sulfide) groups is 1. The van der Waals surface area contributed by atoms with E-state index in [1.54, 1.807) is 23.8 Å². The molecule has 0 saturated carbocycles. The van der Waals surface area contributed by atoms with Crippen LogP contribution < -0.4 is 10.6 Å². The molecule has 0 bridgehead atoms. The molecule has 7 nitrogen and oxygen atoms in total. The predicted molar refractivity (Wildman–Crippen MR) is 122 cm³/mol. The van der Waals surface area contributed by atoms with Crippen LogP contribution in [0.25, 0.3) is 0 Å². The van der Waals surface area contributed by atoms with E-state index in [2.05, 4.69) is 10.6 Å². The summed E-state index contributed by atoms with van der Waals surface area (Å²) in [4.78, 5) is 41.2. The maximum Gasteiger partial charge on any atom is 0.256 e. The number of nitrogens with zero attached hydrogens (tertiary/aromatic N) is 1. The lowest BCUT2D eigenvalue weighted by molar-refractivity contribution is -0.133. The number of ether oxygens (including phenoxy) is 1. The SMILES string of the molecule is CC[C@H](C)[C@H](NC(=O)[C@@H]1N2C(=O)c3ccccc3[C@H]2SC1(C)C)C(=O)NCCCOC. The van der Waals surface area contributed by atoms with Gasteiger partial charge >= 0.3 is 0 Å². The summed E-state index contributed by atoms with van der Waals surface area (Å²) in [6.45, 7) is 8.97. The van der Waals surface area contributed by atoms with Crippen LogP contribution in [-0.4, -0.2) is 59.7 Å². The summed E-state index contributed by atoms with van der Waals surface area (Å²) < 4.78 is 4.54. The largest absolute Gasteiger partial charge is 0.385 e. The number of hydrogen-bond donors (Lipinski definition) is 2. The van der Waals surface area contributed by atoms with Crippen LogP contribution in [0.5, 0.6) is 0 Å². The lowest BCUT2D eigenvalue weighted by Gasteiger charge is -2.32. The number of amides is 3. The molecule has 4 atom stereocenters. The monoisotopic (exact) mass is 447 g/mol. The van der Waals surface area contributed by atoms with Crippen LogP contribution >= 0.6 is 11.8 Å². The van der Waals surface area contributed by atoms with Crippen LogP contribution in [0.15, 0.2) is 24.3 Å². The second-order valence-corrected chi connectivity index (χ2v) is 10.5. The Morgan fingerprint density at radius 1 is 1.29 bits per heavy atom. The standard InChI is InChI=1S/C23H33N3O4S/c1-6-14(2)17(19(27)24-12-9-13-30-5)25-20(28)18-23(3,4)31-22-16-11-8-7-10-15(16)21(29)26(18)22/h7-8,10-11,14,17-18,22H,6,9,12-13H2,1-5H3,(H,24,27)(H,25,28)/t14-,17-,18-,22+/m0/s1. The van der Waals surface area contributed by atoms with Crippen LogP contribution in [0.3, 0.4) is 0 Å². The van der Waals surface area contributed by atoms with E-state index in [0.717, 1.165) is 12.0 Å². The molecular weight excluding hydrogens is 414 g/mol. The molecule has 8 heteroatoms. The Hall–Kier alpha value is -2.06. The van der Waals surface area contributed by atoms with E-state index in [-0.39, 0.29) is 29.0 Å². The number of fused-ring (bicyclic) bond motifs is 3. The van der Waals surface area contributed by atoms with Gasteiger partial charge in [-0.15, -0.1) is 11.8 Å². The van der Waals surface area contributed by atoms with Crippen molar-refractivity contribution in [1.82, 2.24) is 15.5 Å². The molecule has 0 unspecified atom stereocenters. The topological polar surface area (TPSA) is 87.7 Å². The molecule has 0 spiro atoms. The highest BCUT2D eigenvalue weighted by atomic mass is 32.2. The minimum Gasteiger partial charge on any atom is -0.385 e. The molecule has 2 heterocycles. The van der Waals surface area contributed by atoms with Crippen molar-refractivity contribution in [2.24, 2.45) is 5.92 Å². The van der Waals surface area contributed by atoms with Crippen LogP contribution in [0.4, 0.5) is 0 Å². The third-order valence-corrected chi connectivity index (χ3v) is 7.70. The van der Waals surface area contributed by atoms with Crippen LogP contribution in [-0.2, 0) is 14.3 Å². The van der Waals surface area contributed by atoms with E-state index in [1.165, 1.54) is 0 Å². The Morgan fingerprint density at radius 2 is 2.00 bits per heavy atom. The molecule has 3 rings (SSSR count). The Morgan fingerprint density at radius 3 is 2.68 bits per heavy atom. The van der Waals surface area contributed by atoms with Crippen molar-refractivity contribution in [2.75, 3.05) is 20.3 Å². The average Bonchev–Trinajstić information content (AvgIpc) is 3.18. The molecule has 1 aromatic rings. The Bertz CT molecular complexity index is 844. The Balaban J connectivity index is 1.78. The van der Waals surface area contributed by atoms with Crippen LogP contribution in [0, 0.1) is 5.92 Å². The van der Waals surface area contributed by atoms with Gasteiger partial charge in [-0.3, -0.25) is 14.4 Å². The van der Waals surface area contributed by atoms with Crippen molar-refractivity contribution < 1.29 is 19.1 Å². The van der Waals surface area contributed by atoms with Gasteiger partial charge in [0.2, 0.25) is 11.8 Å². The van der Waals surface area contributed by atoms with E-state index < -0.39 is 16.8 Å². The smallest absolute Gasteiger partial charge is 0.256 e. The maximum atomic E-state index is 13.5. The highest BCUT2D eigenvalue weighted by molar-refractivity contribution is 8.01. The number of nitrogens with one attached hydrogen (secondary N) is 2. The highest BCUT2D eigenvalue weighted by Crippen LogP contribution is 2.56. The van der Waals surface area contributed by atoms with Gasteiger partial charge in [0.15, 0.2) is 0 Å². The Kier molecular flexibility index (Phi) is 7.31. The van der Waals surface area contributed by atoms with Gasteiger partial charge in [0.05, 0.1) is 0 Å². The molecule has 1 aromatic carbocycles. The average molecular weight is 448 g/mol. The van der Waals surface area contributed by atoms with Crippen molar-refractivity contribution in [3.63, 3.8) is 0 Å². The van der Waals surface area contributed by atoms with Crippen molar-refractivity contribution in [3.05, 3.63) is 35.4 Å². The third-order valence-electron chi connectivity index (χ3n) is 6.16. The van der Waals surface area contributed by atoms with Gasteiger partial charge in [0.25, 0.3) is 5.91 Å². The highest BCUT2D eigenvalue weighted by Gasteiger charge is 2.57. The van der Waals surface area contributed by atoms with Gasteiger partial charge in [-0.2, -0.15) is 0 Å². The molecule has 170 valence electrons. The first kappa shape index (κ1) is 23.6. The van der Waals surface area contributed by atoms with Crippen LogP contribution in [0.1, 0.15) is 61.8 Å². The zero-order valence-electron chi connectivity index (χ0n) is 18.9. The number of carbonyl (C=O) groups is 3. The van der Waals surface area contributed by atoms with E-state index in [4.69, 9.17) is 4.74 Å². The summed E-state index contributed by atoms with van der Waals surface area (Å²) in [5, 5.41) is 5.69. The molecule has 3 amide bonds. The summed E-state index contributed by atoms with van der Waals surface area (Å²) in [7, 11) is 1.62. The molecule has 1 saturated heterocycles. The fraction of sp³-hybridized carbons (Fsp3) is 0.609. The first-order valence-corrected chi connectivity index (χ1v) is 11.8. The van der Waals surface area contributed by atoms with Crippen molar-refractivity contribution in [1.29, 1.82) is 0 Å². The van der Waals surface area contributed by atoms with Crippen molar-refractivity contribution in [2.45, 2.75) is 62.7 Å². The minimum atomic E-state index is -0.657. The number of methoxy groups -OCH3 is 1. The lowest BCUT2D eigenvalue weighted by Crippen LogP contribution is -2.58. The predicted octanol–water partition coefficient (Wildman–Crippen LogP) is 2.72. The van der Waals surface area contributed by atoms with E-state index >= 15 is 0 Å². The first-order valence-electron chi connectivity index (χ1n) is 10.9. The molecule has 0 aliphatic carbocycles. The van der Waals surface area contributed by atoms with E-state index in [9.17, 15) is 14.4 Å². The summed E-state index contributed by atoms with van der Waals surface area (Å²) in [6, 6.07) is 6.22. The van der Waals surface area contributed by atoms with Gasteiger partial charge in [-0.05, 0) is 37.8 Å². The molecule has 0 aromatic heterocycles. The Labute approximate surface area is 188 Å². The zero-order chi connectivity index (χ0) is 22.8. The second kappa shape index (κ2) is 9.61. The normalized spacial score (nSPS) is 23.1. The van der Waals surface area contributed by atoms with Gasteiger partial charge < -0.3 is 20.3 Å². The lowest BCUT2D eigenvalue weighted by atomic mass is 9.95. The number of carbonyl (C=O) groups excluding carboxylic acids is 3. The first-order chi connectivity index (χ1) is 14.7. The second-order valence-electron chi connectivity index (χ2n) is 8.79. The van der Waals surface area contributed by atoms with Gasteiger partial charge in [-0.1, -0.05) is 38.5 Å². The number of benzene rings is 1. The summed E-state index contributed by atoms with van der Waals surface area (Å²) in [5.74, 6) is -0.637. The fourth-order valence-electron chi connectivity index (χ4n) is 4.28. The molecule has 31 heavy (non-hydrogen) atoms. The summed E-state index contributed by atoms with van der Waals surface area (Å²) in [5.41, 5.74) is 1.61. The van der Waals surface area contributed by atoms with Crippen LogP contribution in [0.2, 0.25) is 0 Å². The van der Waals surface area contributed by atoms with Gasteiger partial charge in [0.1, 0.15) is 17.5 Å². The molecule has 0 radical (unpaired) electrons. The molecule has 2 aliphatic rings. The minimum absolute atomic E-state index is 0.0363. The van der Waals surface area contributed by atoms with Gasteiger partial charge in [0, 0.05) is 30.6 Å². The zero-order valence-corrected chi connectivity index (χ0v) is 19.8. The maximum absolute atomic E-state index is 13.5. The van der Waals surface area contributed by atoms with Gasteiger partial charge in [-0.25, -0.2) is 0 Å². The summed E-state index contributed by atoms with van der Waals surface area (Å²) >= 11 is 1.62. The molecular formula is C23H33N3O4S. The number of hydrogen-bond acceptors (Lipinski definition) is 5. The molecule has 2 aliphatic heterocycles. The quantitative estimate of drug-likeness (QED) is 0.569. The van der Waals surface area contributed by atoms with E-state index in [1.807, 2.05) is 52.0 Å². The third kappa shape index (κ3) is 4.60. The molecule has 2 N–H and O–H groups in total. The molecule has 1 fully saturated rings.